The van der Waals surface area contributed by atoms with Gasteiger partial charge in [-0.2, -0.15) is 0 Å². The van der Waals surface area contributed by atoms with Gasteiger partial charge >= 0.3 is 0 Å². The van der Waals surface area contributed by atoms with Crippen LogP contribution in [-0.2, 0) is 0 Å². The molecule has 0 nitrogen and oxygen atoms in total. The van der Waals surface area contributed by atoms with E-state index in [1.54, 1.807) is 0 Å². The van der Waals surface area contributed by atoms with Gasteiger partial charge in [0.2, 0.25) is 0 Å². The maximum atomic E-state index is 2.32. The van der Waals surface area contributed by atoms with Crippen molar-refractivity contribution in [3.8, 4) is 10.4 Å². The van der Waals surface area contributed by atoms with Crippen LogP contribution >= 0.6 is 22.7 Å². The Morgan fingerprint density at radius 3 is 2.40 bits per heavy atom. The van der Waals surface area contributed by atoms with Crippen molar-refractivity contribution in [3.63, 3.8) is 0 Å². The molecule has 0 unspecified atom stereocenters. The normalized spacial score (nSPS) is 11.5. The molecule has 2 aromatic carbocycles. The minimum atomic E-state index is 1.33. The molecule has 0 aliphatic rings. The Hall–Kier alpha value is -1.64. The van der Waals surface area contributed by atoms with E-state index in [-0.39, 0.29) is 0 Å². The second kappa shape index (κ2) is 4.44. The Labute approximate surface area is 126 Å². The molecule has 0 fully saturated rings. The molecule has 0 N–H and O–H groups in total. The zero-order valence-electron chi connectivity index (χ0n) is 11.4. The SMILES string of the molecule is Cc1ccc(-c2c3ccccc3cc3cc(C)sc23)s1. The number of fused-ring (bicyclic) bond motifs is 2. The van der Waals surface area contributed by atoms with Gasteiger partial charge in [-0.3, -0.25) is 0 Å². The highest BCUT2D eigenvalue weighted by Gasteiger charge is 2.13. The number of rotatable bonds is 1. The largest absolute Gasteiger partial charge is 0.141 e. The van der Waals surface area contributed by atoms with Crippen LogP contribution in [0.5, 0.6) is 0 Å². The molecule has 0 spiro atoms. The lowest BCUT2D eigenvalue weighted by molar-refractivity contribution is 1.64. The third-order valence-corrected chi connectivity index (χ3v) is 5.74. The van der Waals surface area contributed by atoms with E-state index in [0.717, 1.165) is 0 Å². The Morgan fingerprint density at radius 2 is 1.60 bits per heavy atom. The summed E-state index contributed by atoms with van der Waals surface area (Å²) in [5.74, 6) is 0. The van der Waals surface area contributed by atoms with Gasteiger partial charge in [-0.1, -0.05) is 24.3 Å². The van der Waals surface area contributed by atoms with E-state index in [4.69, 9.17) is 0 Å². The van der Waals surface area contributed by atoms with Crippen LogP contribution in [0.15, 0.2) is 48.5 Å². The van der Waals surface area contributed by atoms with Gasteiger partial charge in [0.05, 0.1) is 0 Å². The van der Waals surface area contributed by atoms with Crippen LogP contribution in [0.4, 0.5) is 0 Å². The lowest BCUT2D eigenvalue weighted by Crippen LogP contribution is -1.79. The van der Waals surface area contributed by atoms with Crippen LogP contribution in [0, 0.1) is 13.8 Å². The second-order valence-corrected chi connectivity index (χ2v) is 7.70. The van der Waals surface area contributed by atoms with E-state index in [1.165, 1.54) is 41.1 Å². The predicted octanol–water partition coefficient (Wildman–Crippen LogP) is 6.40. The molecule has 0 saturated heterocycles. The summed E-state index contributed by atoms with van der Waals surface area (Å²) in [5.41, 5.74) is 1.41. The van der Waals surface area contributed by atoms with Crippen molar-refractivity contribution in [2.75, 3.05) is 0 Å². The van der Waals surface area contributed by atoms with Crippen LogP contribution in [-0.4, -0.2) is 0 Å². The smallest absolute Gasteiger partial charge is 0.0438 e. The fourth-order valence-corrected chi connectivity index (χ4v) is 4.85. The number of hydrogen-bond donors (Lipinski definition) is 0. The molecular formula is C18H14S2. The van der Waals surface area contributed by atoms with Crippen molar-refractivity contribution >= 4 is 43.5 Å². The van der Waals surface area contributed by atoms with Gasteiger partial charge in [-0.25, -0.2) is 0 Å². The highest BCUT2D eigenvalue weighted by Crippen LogP contribution is 2.42. The summed E-state index contributed by atoms with van der Waals surface area (Å²) in [6.07, 6.45) is 0. The first kappa shape index (κ1) is 12.1. The molecule has 2 aromatic heterocycles. The van der Waals surface area contributed by atoms with Crippen LogP contribution in [0.25, 0.3) is 31.3 Å². The first-order valence-corrected chi connectivity index (χ1v) is 8.34. The summed E-state index contributed by atoms with van der Waals surface area (Å²) in [6.45, 7) is 4.37. The maximum absolute atomic E-state index is 2.32. The van der Waals surface area contributed by atoms with Crippen molar-refractivity contribution in [1.29, 1.82) is 0 Å². The third kappa shape index (κ3) is 1.80. The van der Waals surface area contributed by atoms with Crippen LogP contribution < -0.4 is 0 Å². The van der Waals surface area contributed by atoms with Crippen LogP contribution in [0.1, 0.15) is 9.75 Å². The molecule has 0 atom stereocenters. The first-order valence-electron chi connectivity index (χ1n) is 6.71. The molecule has 98 valence electrons. The summed E-state index contributed by atoms with van der Waals surface area (Å²) in [7, 11) is 0. The Kier molecular flexibility index (Phi) is 2.69. The van der Waals surface area contributed by atoms with E-state index in [9.17, 15) is 0 Å². The molecule has 0 aliphatic carbocycles. The van der Waals surface area contributed by atoms with Crippen molar-refractivity contribution in [3.05, 3.63) is 58.3 Å². The number of hydrogen-bond acceptors (Lipinski definition) is 2. The summed E-state index contributed by atoms with van der Waals surface area (Å²) in [6, 6.07) is 17.8. The van der Waals surface area contributed by atoms with Gasteiger partial charge in [-0.15, -0.1) is 22.7 Å². The van der Waals surface area contributed by atoms with Crippen molar-refractivity contribution in [1.82, 2.24) is 0 Å². The quantitative estimate of drug-likeness (QED) is 0.381. The van der Waals surface area contributed by atoms with Crippen LogP contribution in [0.2, 0.25) is 0 Å². The van der Waals surface area contributed by atoms with Crippen molar-refractivity contribution in [2.24, 2.45) is 0 Å². The first-order chi connectivity index (χ1) is 9.72. The molecule has 0 aliphatic heterocycles. The molecule has 20 heavy (non-hydrogen) atoms. The molecule has 0 radical (unpaired) electrons. The zero-order valence-corrected chi connectivity index (χ0v) is 13.1. The number of aryl methyl sites for hydroxylation is 2. The number of benzene rings is 2. The van der Waals surface area contributed by atoms with E-state index in [2.05, 4.69) is 62.4 Å². The van der Waals surface area contributed by atoms with Crippen molar-refractivity contribution < 1.29 is 0 Å². The monoisotopic (exact) mass is 294 g/mol. The van der Waals surface area contributed by atoms with Crippen molar-refractivity contribution in [2.45, 2.75) is 13.8 Å². The van der Waals surface area contributed by atoms with E-state index in [0.29, 0.717) is 0 Å². The fourth-order valence-electron chi connectivity index (χ4n) is 2.79. The van der Waals surface area contributed by atoms with Gasteiger partial charge in [0.25, 0.3) is 0 Å². The van der Waals surface area contributed by atoms with E-state index >= 15 is 0 Å². The Balaban J connectivity index is 2.22. The van der Waals surface area contributed by atoms with Gasteiger partial charge in [-0.05, 0) is 54.3 Å². The zero-order chi connectivity index (χ0) is 13.7. The van der Waals surface area contributed by atoms with Gasteiger partial charge < -0.3 is 0 Å². The maximum Gasteiger partial charge on any atom is 0.0438 e. The third-order valence-electron chi connectivity index (χ3n) is 3.64. The van der Waals surface area contributed by atoms with Crippen LogP contribution in [0.3, 0.4) is 0 Å². The average Bonchev–Trinajstić information content (AvgIpc) is 3.00. The van der Waals surface area contributed by atoms with E-state index in [1.807, 2.05) is 22.7 Å². The fraction of sp³-hybridized carbons (Fsp3) is 0.111. The lowest BCUT2D eigenvalue weighted by atomic mass is 10.0. The summed E-state index contributed by atoms with van der Waals surface area (Å²) >= 11 is 3.79. The molecule has 0 saturated carbocycles. The minimum absolute atomic E-state index is 1.33. The summed E-state index contributed by atoms with van der Waals surface area (Å²) in [5, 5.41) is 4.06. The second-order valence-electron chi connectivity index (χ2n) is 5.16. The highest BCUT2D eigenvalue weighted by atomic mass is 32.1. The molecular weight excluding hydrogens is 280 g/mol. The van der Waals surface area contributed by atoms with Gasteiger partial charge in [0.1, 0.15) is 0 Å². The lowest BCUT2D eigenvalue weighted by Gasteiger charge is -2.07. The minimum Gasteiger partial charge on any atom is -0.141 e. The highest BCUT2D eigenvalue weighted by molar-refractivity contribution is 7.21. The molecule has 0 amide bonds. The Morgan fingerprint density at radius 1 is 0.750 bits per heavy atom. The molecule has 4 rings (SSSR count). The average molecular weight is 294 g/mol. The van der Waals surface area contributed by atoms with E-state index < -0.39 is 0 Å². The molecule has 2 heterocycles. The number of thiophene rings is 2. The summed E-state index contributed by atoms with van der Waals surface area (Å²) in [4.78, 5) is 4.13. The molecule has 2 heteroatoms. The molecule has 4 aromatic rings. The standard InChI is InChI=1S/C18H14S2/c1-11-7-8-16(19-11)17-15-6-4-3-5-13(15)10-14-9-12(2)20-18(14)17/h3-10H,1-2H3. The molecule has 0 bridgehead atoms. The Bertz CT molecular complexity index is 925. The van der Waals surface area contributed by atoms with Gasteiger partial charge in [0, 0.05) is 24.9 Å². The van der Waals surface area contributed by atoms with Gasteiger partial charge in [0.15, 0.2) is 0 Å². The predicted molar refractivity (Wildman–Crippen MR) is 92.1 cm³/mol. The summed E-state index contributed by atoms with van der Waals surface area (Å²) < 4.78 is 1.42. The topological polar surface area (TPSA) is 0 Å².